The van der Waals surface area contributed by atoms with Crippen molar-refractivity contribution in [2.45, 2.75) is 12.5 Å². The van der Waals surface area contributed by atoms with Gasteiger partial charge in [-0.2, -0.15) is 0 Å². The lowest BCUT2D eigenvalue weighted by Crippen LogP contribution is -2.46. The highest BCUT2D eigenvalue weighted by Crippen LogP contribution is 2.13. The van der Waals surface area contributed by atoms with Crippen molar-refractivity contribution in [3.05, 3.63) is 29.0 Å². The molecule has 0 saturated heterocycles. The van der Waals surface area contributed by atoms with E-state index in [1.165, 1.54) is 18.5 Å². The number of hydrogen-bond acceptors (Lipinski definition) is 4. The molecule has 0 aromatic carbocycles. The van der Waals surface area contributed by atoms with Gasteiger partial charge in [-0.25, -0.2) is 4.79 Å². The number of nitrogens with one attached hydrogen (secondary N) is 1. The molecule has 3 N–H and O–H groups in total. The number of carbonyl (C=O) groups excluding carboxylic acids is 1. The molecule has 0 radical (unpaired) electrons. The summed E-state index contributed by atoms with van der Waals surface area (Å²) < 4.78 is 0. The SMILES string of the molecule is CC(O)(CNC(=O)c1ccncc1Cl)C(=O)O. The normalized spacial score (nSPS) is 13.8. The maximum atomic E-state index is 11.6. The molecule has 0 fully saturated rings. The van der Waals surface area contributed by atoms with Crippen molar-refractivity contribution in [3.8, 4) is 0 Å². The number of aromatic nitrogens is 1. The zero-order chi connectivity index (χ0) is 13.1. The van der Waals surface area contributed by atoms with Crippen molar-refractivity contribution in [1.29, 1.82) is 0 Å². The molecule has 1 heterocycles. The molecule has 6 nitrogen and oxygen atoms in total. The van der Waals surface area contributed by atoms with E-state index in [0.717, 1.165) is 6.92 Å². The summed E-state index contributed by atoms with van der Waals surface area (Å²) >= 11 is 5.73. The summed E-state index contributed by atoms with van der Waals surface area (Å²) in [6, 6.07) is 1.40. The number of amides is 1. The molecule has 0 aliphatic heterocycles. The zero-order valence-corrected chi connectivity index (χ0v) is 9.73. The summed E-state index contributed by atoms with van der Waals surface area (Å²) in [5.41, 5.74) is -1.85. The number of carboxylic acid groups (broad SMARTS) is 1. The highest BCUT2D eigenvalue weighted by molar-refractivity contribution is 6.33. The molecule has 0 bridgehead atoms. The number of pyridine rings is 1. The van der Waals surface area contributed by atoms with Crippen molar-refractivity contribution in [2.24, 2.45) is 0 Å². The Balaban J connectivity index is 2.69. The third-order valence-electron chi connectivity index (χ3n) is 2.07. The number of carbonyl (C=O) groups is 2. The summed E-state index contributed by atoms with van der Waals surface area (Å²) in [6.07, 6.45) is 2.68. The Morgan fingerprint density at radius 2 is 2.24 bits per heavy atom. The molecule has 92 valence electrons. The molecule has 0 saturated carbocycles. The summed E-state index contributed by atoms with van der Waals surface area (Å²) in [5, 5.41) is 20.5. The van der Waals surface area contributed by atoms with Crippen LogP contribution in [0.3, 0.4) is 0 Å². The molecule has 1 atom stereocenters. The average Bonchev–Trinajstić information content (AvgIpc) is 2.26. The maximum Gasteiger partial charge on any atom is 0.337 e. The van der Waals surface area contributed by atoms with Crippen LogP contribution >= 0.6 is 11.6 Å². The Morgan fingerprint density at radius 3 is 2.76 bits per heavy atom. The van der Waals surface area contributed by atoms with Gasteiger partial charge in [-0.05, 0) is 13.0 Å². The second-order valence-electron chi connectivity index (χ2n) is 3.62. The van der Waals surface area contributed by atoms with E-state index in [2.05, 4.69) is 10.3 Å². The van der Waals surface area contributed by atoms with E-state index in [-0.39, 0.29) is 10.6 Å². The molecule has 1 rings (SSSR count). The lowest BCUT2D eigenvalue weighted by Gasteiger charge is -2.18. The number of carboxylic acids is 1. The van der Waals surface area contributed by atoms with Crippen LogP contribution in [-0.4, -0.2) is 39.2 Å². The van der Waals surface area contributed by atoms with Crippen LogP contribution in [0.25, 0.3) is 0 Å². The van der Waals surface area contributed by atoms with E-state index in [4.69, 9.17) is 16.7 Å². The number of aliphatic carboxylic acids is 1. The monoisotopic (exact) mass is 258 g/mol. The van der Waals surface area contributed by atoms with Crippen LogP contribution in [0.1, 0.15) is 17.3 Å². The predicted octanol–water partition coefficient (Wildman–Crippen LogP) is 0.300. The highest BCUT2D eigenvalue weighted by Gasteiger charge is 2.30. The number of nitrogens with zero attached hydrogens (tertiary/aromatic N) is 1. The van der Waals surface area contributed by atoms with Gasteiger partial charge in [-0.3, -0.25) is 9.78 Å². The standard InChI is InChI=1S/C10H11ClN2O4/c1-10(17,9(15)16)5-13-8(14)6-2-3-12-4-7(6)11/h2-4,17H,5H2,1H3,(H,13,14)(H,15,16). The third-order valence-corrected chi connectivity index (χ3v) is 2.37. The molecule has 7 heteroatoms. The van der Waals surface area contributed by atoms with Gasteiger partial charge in [-0.1, -0.05) is 11.6 Å². The van der Waals surface area contributed by atoms with Crippen LogP contribution in [0, 0.1) is 0 Å². The van der Waals surface area contributed by atoms with Crippen molar-refractivity contribution in [3.63, 3.8) is 0 Å². The molecule has 1 aromatic heterocycles. The van der Waals surface area contributed by atoms with Crippen LogP contribution in [0.2, 0.25) is 5.02 Å². The van der Waals surface area contributed by atoms with Crippen molar-refractivity contribution >= 4 is 23.5 Å². The van der Waals surface area contributed by atoms with Crippen LogP contribution in [-0.2, 0) is 4.79 Å². The van der Waals surface area contributed by atoms with Crippen LogP contribution in [0.5, 0.6) is 0 Å². The summed E-state index contributed by atoms with van der Waals surface area (Å²) in [5.74, 6) is -1.99. The van der Waals surface area contributed by atoms with Gasteiger partial charge in [0.15, 0.2) is 5.60 Å². The molecule has 0 aliphatic rings. The van der Waals surface area contributed by atoms with Gasteiger partial charge >= 0.3 is 5.97 Å². The van der Waals surface area contributed by atoms with Gasteiger partial charge in [0.25, 0.3) is 5.91 Å². The molecule has 0 aliphatic carbocycles. The first-order valence-electron chi connectivity index (χ1n) is 4.68. The minimum atomic E-state index is -2.02. The van der Waals surface area contributed by atoms with Gasteiger partial charge in [0.1, 0.15) is 0 Å². The Bertz CT molecular complexity index is 448. The highest BCUT2D eigenvalue weighted by atomic mass is 35.5. The fraction of sp³-hybridized carbons (Fsp3) is 0.300. The second kappa shape index (κ2) is 5.11. The van der Waals surface area contributed by atoms with E-state index >= 15 is 0 Å². The quantitative estimate of drug-likeness (QED) is 0.721. The minimum absolute atomic E-state index is 0.153. The summed E-state index contributed by atoms with van der Waals surface area (Å²) in [4.78, 5) is 25.9. The van der Waals surface area contributed by atoms with Gasteiger partial charge in [0, 0.05) is 12.4 Å². The first-order chi connectivity index (χ1) is 7.84. The van der Waals surface area contributed by atoms with Crippen LogP contribution in [0.15, 0.2) is 18.5 Å². The smallest absolute Gasteiger partial charge is 0.337 e. The van der Waals surface area contributed by atoms with Crippen LogP contribution < -0.4 is 5.32 Å². The molecule has 1 aromatic rings. The summed E-state index contributed by atoms with van der Waals surface area (Å²) in [7, 11) is 0. The van der Waals surface area contributed by atoms with Crippen molar-refractivity contribution in [1.82, 2.24) is 10.3 Å². The van der Waals surface area contributed by atoms with Gasteiger partial charge < -0.3 is 15.5 Å². The van der Waals surface area contributed by atoms with E-state index in [9.17, 15) is 14.7 Å². The minimum Gasteiger partial charge on any atom is -0.479 e. The van der Waals surface area contributed by atoms with Gasteiger partial charge in [0.2, 0.25) is 0 Å². The predicted molar refractivity (Wildman–Crippen MR) is 59.8 cm³/mol. The number of aliphatic hydroxyl groups is 1. The fourth-order valence-electron chi connectivity index (χ4n) is 0.983. The molecular formula is C10H11ClN2O4. The maximum absolute atomic E-state index is 11.6. The van der Waals surface area contributed by atoms with E-state index in [1.807, 2.05) is 0 Å². The lowest BCUT2D eigenvalue weighted by atomic mass is 10.1. The summed E-state index contributed by atoms with van der Waals surface area (Å²) in [6.45, 7) is 0.670. The zero-order valence-electron chi connectivity index (χ0n) is 8.98. The Hall–Kier alpha value is -1.66. The van der Waals surface area contributed by atoms with E-state index in [1.54, 1.807) is 0 Å². The molecule has 1 unspecified atom stereocenters. The second-order valence-corrected chi connectivity index (χ2v) is 4.02. The van der Waals surface area contributed by atoms with Crippen molar-refractivity contribution < 1.29 is 19.8 Å². The van der Waals surface area contributed by atoms with Gasteiger partial charge in [-0.15, -0.1) is 0 Å². The molecule has 0 spiro atoms. The largest absolute Gasteiger partial charge is 0.479 e. The Kier molecular flexibility index (Phi) is 4.03. The molecular weight excluding hydrogens is 248 g/mol. The third kappa shape index (κ3) is 3.40. The number of rotatable bonds is 4. The number of halogens is 1. The average molecular weight is 259 g/mol. The topological polar surface area (TPSA) is 99.5 Å². The van der Waals surface area contributed by atoms with Crippen molar-refractivity contribution in [2.75, 3.05) is 6.54 Å². The first kappa shape index (κ1) is 13.4. The van der Waals surface area contributed by atoms with E-state index < -0.39 is 24.0 Å². The molecule has 1 amide bonds. The first-order valence-corrected chi connectivity index (χ1v) is 5.06. The van der Waals surface area contributed by atoms with E-state index in [0.29, 0.717) is 0 Å². The Labute approximate surface area is 102 Å². The molecule has 17 heavy (non-hydrogen) atoms. The number of hydrogen-bond donors (Lipinski definition) is 3. The lowest BCUT2D eigenvalue weighted by molar-refractivity contribution is -0.155. The van der Waals surface area contributed by atoms with Crippen LogP contribution in [0.4, 0.5) is 0 Å². The Morgan fingerprint density at radius 1 is 1.59 bits per heavy atom. The fourth-order valence-corrected chi connectivity index (χ4v) is 1.19. The van der Waals surface area contributed by atoms with Gasteiger partial charge in [0.05, 0.1) is 17.1 Å².